The topological polar surface area (TPSA) is 92.1 Å². The van der Waals surface area contributed by atoms with Gasteiger partial charge in [0, 0.05) is 22.5 Å². The van der Waals surface area contributed by atoms with Crippen molar-refractivity contribution < 1.29 is 0 Å². The van der Waals surface area contributed by atoms with Crippen molar-refractivity contribution in [1.29, 1.82) is 0 Å². The van der Waals surface area contributed by atoms with Crippen LogP contribution in [-0.2, 0) is 25.4 Å². The number of halogens is 1. The van der Waals surface area contributed by atoms with E-state index in [2.05, 4.69) is 44.9 Å². The zero-order valence-electron chi connectivity index (χ0n) is 20.9. The molecule has 9 nitrogen and oxygen atoms in total. The van der Waals surface area contributed by atoms with Gasteiger partial charge >= 0.3 is 0 Å². The Balaban J connectivity index is 1.19. The van der Waals surface area contributed by atoms with Crippen molar-refractivity contribution in [3.05, 3.63) is 125 Å². The minimum Gasteiger partial charge on any atom is -0.248 e. The SMILES string of the molecule is Clc1ccc(-c2nc(SCc3cn(Cc4ccccc4)nn3)n(Cc3cn(Cc4ccccc4)nn3)n2)cc1. The lowest BCUT2D eigenvalue weighted by Gasteiger charge is -2.02. The summed E-state index contributed by atoms with van der Waals surface area (Å²) in [5, 5.41) is 23.5. The maximum Gasteiger partial charge on any atom is 0.187 e. The molecule has 11 heteroatoms. The standard InChI is InChI=1S/C28H24ClN9S/c29-24-13-11-23(12-14-24)27-30-28(39-20-26-18-37(35-32-26)16-22-9-5-2-6-10-22)38(33-27)19-25-17-36(34-31-25)15-21-7-3-1-4-8-21/h1-14,17-18H,15-16,19-20H2. The molecule has 0 unspecified atom stereocenters. The second-order valence-electron chi connectivity index (χ2n) is 8.96. The van der Waals surface area contributed by atoms with Crippen LogP contribution in [0.4, 0.5) is 0 Å². The molecule has 0 spiro atoms. The fraction of sp³-hybridized carbons (Fsp3) is 0.143. The largest absolute Gasteiger partial charge is 0.248 e. The molecule has 0 saturated carbocycles. The molecule has 6 aromatic rings. The van der Waals surface area contributed by atoms with E-state index in [9.17, 15) is 0 Å². The zero-order valence-corrected chi connectivity index (χ0v) is 22.4. The fourth-order valence-electron chi connectivity index (χ4n) is 4.06. The summed E-state index contributed by atoms with van der Waals surface area (Å²) < 4.78 is 5.54. The molecular formula is C28H24ClN9S. The molecule has 0 fully saturated rings. The summed E-state index contributed by atoms with van der Waals surface area (Å²) in [7, 11) is 0. The lowest BCUT2D eigenvalue weighted by molar-refractivity contribution is 0.606. The highest BCUT2D eigenvalue weighted by Crippen LogP contribution is 2.25. The third kappa shape index (κ3) is 6.42. The number of nitrogens with zero attached hydrogens (tertiary/aromatic N) is 9. The van der Waals surface area contributed by atoms with Crippen LogP contribution >= 0.6 is 23.4 Å². The monoisotopic (exact) mass is 553 g/mol. The average Bonchev–Trinajstić information content (AvgIpc) is 3.70. The number of hydrogen-bond donors (Lipinski definition) is 0. The van der Waals surface area contributed by atoms with Crippen LogP contribution in [0.1, 0.15) is 22.5 Å². The average molecular weight is 554 g/mol. The molecule has 6 rings (SSSR count). The Bertz CT molecular complexity index is 1640. The van der Waals surface area contributed by atoms with Crippen molar-refractivity contribution in [2.45, 2.75) is 30.5 Å². The van der Waals surface area contributed by atoms with Gasteiger partial charge in [0.1, 0.15) is 5.69 Å². The molecule has 0 radical (unpaired) electrons. The van der Waals surface area contributed by atoms with Gasteiger partial charge in [-0.25, -0.2) is 19.0 Å². The molecule has 39 heavy (non-hydrogen) atoms. The van der Waals surface area contributed by atoms with Gasteiger partial charge < -0.3 is 0 Å². The summed E-state index contributed by atoms with van der Waals surface area (Å²) in [6, 6.07) is 27.9. The Morgan fingerprint density at radius 1 is 0.667 bits per heavy atom. The molecule has 194 valence electrons. The van der Waals surface area contributed by atoms with Crippen LogP contribution in [0.15, 0.2) is 102 Å². The van der Waals surface area contributed by atoms with E-state index in [0.717, 1.165) is 27.7 Å². The molecule has 0 aliphatic rings. The third-order valence-electron chi connectivity index (χ3n) is 5.95. The summed E-state index contributed by atoms with van der Waals surface area (Å²) in [4.78, 5) is 4.83. The smallest absolute Gasteiger partial charge is 0.187 e. The molecule has 0 N–H and O–H groups in total. The number of hydrogen-bond acceptors (Lipinski definition) is 7. The lowest BCUT2D eigenvalue weighted by Crippen LogP contribution is -2.04. The molecule has 0 amide bonds. The van der Waals surface area contributed by atoms with Crippen LogP contribution in [0.25, 0.3) is 11.4 Å². The van der Waals surface area contributed by atoms with Crippen molar-refractivity contribution in [3.63, 3.8) is 0 Å². The minimum absolute atomic E-state index is 0.443. The van der Waals surface area contributed by atoms with E-state index in [1.165, 1.54) is 5.56 Å². The number of aromatic nitrogens is 9. The third-order valence-corrected chi connectivity index (χ3v) is 7.20. The van der Waals surface area contributed by atoms with Crippen molar-refractivity contribution >= 4 is 23.4 Å². The predicted molar refractivity (Wildman–Crippen MR) is 150 cm³/mol. The van der Waals surface area contributed by atoms with Crippen LogP contribution in [-0.4, -0.2) is 44.8 Å². The maximum atomic E-state index is 6.09. The number of benzene rings is 3. The first-order valence-corrected chi connectivity index (χ1v) is 13.7. The molecule has 3 heterocycles. The lowest BCUT2D eigenvalue weighted by atomic mass is 10.2. The minimum atomic E-state index is 0.443. The summed E-state index contributed by atoms with van der Waals surface area (Å²) >= 11 is 7.65. The second kappa shape index (κ2) is 11.6. The zero-order chi connectivity index (χ0) is 26.4. The van der Waals surface area contributed by atoms with E-state index >= 15 is 0 Å². The van der Waals surface area contributed by atoms with Gasteiger partial charge in [0.2, 0.25) is 0 Å². The highest BCUT2D eigenvalue weighted by Gasteiger charge is 2.15. The van der Waals surface area contributed by atoms with Gasteiger partial charge in [0.15, 0.2) is 11.0 Å². The first-order valence-electron chi connectivity index (χ1n) is 12.4. The summed E-state index contributed by atoms with van der Waals surface area (Å²) in [6.07, 6.45) is 3.91. The maximum absolute atomic E-state index is 6.09. The Morgan fingerprint density at radius 3 is 1.90 bits per heavy atom. The number of thioether (sulfide) groups is 1. The first-order chi connectivity index (χ1) is 19.2. The number of rotatable bonds is 10. The normalized spacial score (nSPS) is 11.2. The summed E-state index contributed by atoms with van der Waals surface area (Å²) in [5.74, 6) is 1.23. The van der Waals surface area contributed by atoms with Crippen LogP contribution in [0.3, 0.4) is 0 Å². The van der Waals surface area contributed by atoms with Gasteiger partial charge in [-0.3, -0.25) is 0 Å². The molecule has 3 aromatic carbocycles. The molecule has 0 saturated heterocycles. The summed E-state index contributed by atoms with van der Waals surface area (Å²) in [6.45, 7) is 1.77. The Kier molecular flexibility index (Phi) is 7.46. The van der Waals surface area contributed by atoms with E-state index in [1.807, 2.05) is 87.1 Å². The van der Waals surface area contributed by atoms with Gasteiger partial charge in [-0.05, 0) is 35.4 Å². The van der Waals surface area contributed by atoms with E-state index in [1.54, 1.807) is 11.8 Å². The van der Waals surface area contributed by atoms with Crippen LogP contribution in [0.5, 0.6) is 0 Å². The van der Waals surface area contributed by atoms with Gasteiger partial charge in [0.25, 0.3) is 0 Å². The molecule has 3 aromatic heterocycles. The Morgan fingerprint density at radius 2 is 1.26 bits per heavy atom. The second-order valence-corrected chi connectivity index (χ2v) is 10.3. The highest BCUT2D eigenvalue weighted by atomic mass is 35.5. The van der Waals surface area contributed by atoms with Crippen molar-refractivity contribution in [2.75, 3.05) is 0 Å². The molecule has 0 atom stereocenters. The van der Waals surface area contributed by atoms with E-state index in [4.69, 9.17) is 21.7 Å². The quantitative estimate of drug-likeness (QED) is 0.215. The van der Waals surface area contributed by atoms with E-state index < -0.39 is 0 Å². The van der Waals surface area contributed by atoms with E-state index in [-0.39, 0.29) is 0 Å². The van der Waals surface area contributed by atoms with E-state index in [0.29, 0.717) is 36.2 Å². The Hall–Kier alpha value is -4.28. The summed E-state index contributed by atoms with van der Waals surface area (Å²) in [5.41, 5.74) is 4.90. The van der Waals surface area contributed by atoms with Gasteiger partial charge in [-0.15, -0.1) is 15.3 Å². The van der Waals surface area contributed by atoms with Crippen LogP contribution in [0.2, 0.25) is 5.02 Å². The molecule has 0 aliphatic heterocycles. The van der Waals surface area contributed by atoms with Gasteiger partial charge in [-0.1, -0.05) is 94.5 Å². The van der Waals surface area contributed by atoms with Gasteiger partial charge in [0.05, 0.1) is 31.5 Å². The van der Waals surface area contributed by atoms with Crippen LogP contribution in [0, 0.1) is 0 Å². The molecule has 0 aliphatic carbocycles. The molecular weight excluding hydrogens is 530 g/mol. The first kappa shape index (κ1) is 25.0. The van der Waals surface area contributed by atoms with Crippen molar-refractivity contribution in [2.24, 2.45) is 0 Å². The fourth-order valence-corrected chi connectivity index (χ4v) is 5.00. The van der Waals surface area contributed by atoms with Gasteiger partial charge in [-0.2, -0.15) is 0 Å². The highest BCUT2D eigenvalue weighted by molar-refractivity contribution is 7.98. The van der Waals surface area contributed by atoms with Crippen molar-refractivity contribution in [1.82, 2.24) is 44.8 Å². The molecule has 0 bridgehead atoms. The van der Waals surface area contributed by atoms with Crippen LogP contribution < -0.4 is 0 Å². The Labute approximate surface area is 234 Å². The van der Waals surface area contributed by atoms with Crippen molar-refractivity contribution in [3.8, 4) is 11.4 Å². The predicted octanol–water partition coefficient (Wildman–Crippen LogP) is 5.22.